The van der Waals surface area contributed by atoms with Crippen LogP contribution in [0.25, 0.3) is 0 Å². The number of aryl methyl sites for hydroxylation is 2. The Morgan fingerprint density at radius 1 is 1.39 bits per heavy atom. The molecule has 1 aromatic carbocycles. The summed E-state index contributed by atoms with van der Waals surface area (Å²) in [6.45, 7) is 1.94. The van der Waals surface area contributed by atoms with Gasteiger partial charge in [-0.1, -0.05) is 24.3 Å². The maximum atomic E-state index is 12.5. The summed E-state index contributed by atoms with van der Waals surface area (Å²) < 4.78 is 0. The lowest BCUT2D eigenvalue weighted by Crippen LogP contribution is -2.19. The van der Waals surface area contributed by atoms with E-state index in [-0.39, 0.29) is 11.7 Å². The van der Waals surface area contributed by atoms with E-state index in [0.29, 0.717) is 5.69 Å². The fourth-order valence-electron chi connectivity index (χ4n) is 2.68. The summed E-state index contributed by atoms with van der Waals surface area (Å²) in [5, 5.41) is 2.84. The standard InChI is InChI=1S/C15H15NOS/c1-10-16-14(9-18-10)15(17)13-8-4-6-11-5-2-3-7-12(11)13/h2-3,5,7,9,13H,4,6,8H2,1H3. The molecule has 18 heavy (non-hydrogen) atoms. The van der Waals surface area contributed by atoms with E-state index in [1.807, 2.05) is 18.4 Å². The number of nitrogens with zero attached hydrogens (tertiary/aromatic N) is 1. The molecule has 1 unspecified atom stereocenters. The zero-order valence-corrected chi connectivity index (χ0v) is 11.2. The Balaban J connectivity index is 1.96. The highest BCUT2D eigenvalue weighted by molar-refractivity contribution is 7.09. The minimum atomic E-state index is 0.0106. The molecule has 0 radical (unpaired) electrons. The van der Waals surface area contributed by atoms with E-state index in [1.165, 1.54) is 11.1 Å². The molecule has 0 aliphatic heterocycles. The molecule has 0 fully saturated rings. The van der Waals surface area contributed by atoms with Crippen LogP contribution in [0.5, 0.6) is 0 Å². The number of fused-ring (bicyclic) bond motifs is 1. The lowest BCUT2D eigenvalue weighted by molar-refractivity contribution is 0.0946. The molecular formula is C15H15NOS. The molecular weight excluding hydrogens is 242 g/mol. The predicted octanol–water partition coefficient (Wildman–Crippen LogP) is 3.75. The first kappa shape index (κ1) is 11.6. The smallest absolute Gasteiger partial charge is 0.189 e. The highest BCUT2D eigenvalue weighted by Crippen LogP contribution is 2.34. The summed E-state index contributed by atoms with van der Waals surface area (Å²) in [6, 6.07) is 8.31. The SMILES string of the molecule is Cc1nc(C(=O)C2CCCc3ccccc32)cs1. The van der Waals surface area contributed by atoms with Crippen LogP contribution in [0.2, 0.25) is 0 Å². The van der Waals surface area contributed by atoms with Gasteiger partial charge in [-0.25, -0.2) is 4.98 Å². The number of ketones is 1. The van der Waals surface area contributed by atoms with Crippen molar-refractivity contribution in [2.24, 2.45) is 0 Å². The number of Topliss-reactive ketones (excluding diaryl/α,β-unsaturated/α-hetero) is 1. The Morgan fingerprint density at radius 3 is 3.00 bits per heavy atom. The van der Waals surface area contributed by atoms with E-state index in [9.17, 15) is 4.79 Å². The first-order chi connectivity index (χ1) is 8.75. The van der Waals surface area contributed by atoms with E-state index in [4.69, 9.17) is 0 Å². The second-order valence-electron chi connectivity index (χ2n) is 4.76. The Bertz CT molecular complexity index is 588. The summed E-state index contributed by atoms with van der Waals surface area (Å²) in [5.74, 6) is 0.197. The molecule has 0 bridgehead atoms. The van der Waals surface area contributed by atoms with Crippen molar-refractivity contribution in [3.63, 3.8) is 0 Å². The van der Waals surface area contributed by atoms with Gasteiger partial charge in [-0.3, -0.25) is 4.79 Å². The van der Waals surface area contributed by atoms with Crippen LogP contribution in [0.4, 0.5) is 0 Å². The Morgan fingerprint density at radius 2 is 2.22 bits per heavy atom. The molecule has 92 valence electrons. The van der Waals surface area contributed by atoms with E-state index in [2.05, 4.69) is 23.2 Å². The summed E-state index contributed by atoms with van der Waals surface area (Å²) >= 11 is 1.55. The lowest BCUT2D eigenvalue weighted by Gasteiger charge is -2.23. The fourth-order valence-corrected chi connectivity index (χ4v) is 3.28. The minimum absolute atomic E-state index is 0.0106. The number of aromatic nitrogens is 1. The maximum absolute atomic E-state index is 12.5. The van der Waals surface area contributed by atoms with Crippen LogP contribution in [-0.4, -0.2) is 10.8 Å². The van der Waals surface area contributed by atoms with E-state index in [1.54, 1.807) is 11.3 Å². The van der Waals surface area contributed by atoms with Gasteiger partial charge in [-0.2, -0.15) is 0 Å². The highest BCUT2D eigenvalue weighted by Gasteiger charge is 2.28. The van der Waals surface area contributed by atoms with Gasteiger partial charge in [0.15, 0.2) is 5.78 Å². The minimum Gasteiger partial charge on any atom is -0.292 e. The normalized spacial score (nSPS) is 18.4. The van der Waals surface area contributed by atoms with Crippen LogP contribution in [0, 0.1) is 6.92 Å². The topological polar surface area (TPSA) is 30.0 Å². The summed E-state index contributed by atoms with van der Waals surface area (Å²) in [6.07, 6.45) is 3.14. The van der Waals surface area contributed by atoms with Gasteiger partial charge in [0.25, 0.3) is 0 Å². The van der Waals surface area contributed by atoms with Crippen molar-refractivity contribution in [1.82, 2.24) is 4.98 Å². The van der Waals surface area contributed by atoms with Crippen LogP contribution >= 0.6 is 11.3 Å². The molecule has 1 aromatic heterocycles. The first-order valence-electron chi connectivity index (χ1n) is 6.30. The Labute approximate surface area is 111 Å². The van der Waals surface area contributed by atoms with E-state index in [0.717, 1.165) is 24.3 Å². The van der Waals surface area contributed by atoms with Gasteiger partial charge in [0.2, 0.25) is 0 Å². The van der Waals surface area contributed by atoms with Crippen molar-refractivity contribution in [1.29, 1.82) is 0 Å². The Kier molecular flexibility index (Phi) is 3.00. The predicted molar refractivity (Wildman–Crippen MR) is 73.3 cm³/mol. The third-order valence-corrected chi connectivity index (χ3v) is 4.33. The van der Waals surface area contributed by atoms with Crippen LogP contribution in [0.1, 0.15) is 45.4 Å². The zero-order valence-electron chi connectivity index (χ0n) is 10.3. The third-order valence-electron chi connectivity index (χ3n) is 3.56. The summed E-state index contributed by atoms with van der Waals surface area (Å²) in [7, 11) is 0. The van der Waals surface area contributed by atoms with Gasteiger partial charge < -0.3 is 0 Å². The van der Waals surface area contributed by atoms with Gasteiger partial charge in [0.1, 0.15) is 5.69 Å². The molecule has 3 rings (SSSR count). The number of hydrogen-bond acceptors (Lipinski definition) is 3. The molecule has 2 nitrogen and oxygen atoms in total. The van der Waals surface area contributed by atoms with Crippen molar-refractivity contribution < 1.29 is 4.79 Å². The number of carbonyl (C=O) groups excluding carboxylic acids is 1. The Hall–Kier alpha value is -1.48. The number of thiazole rings is 1. The van der Waals surface area contributed by atoms with Gasteiger partial charge in [-0.05, 0) is 37.3 Å². The van der Waals surface area contributed by atoms with Crippen LogP contribution in [0.15, 0.2) is 29.6 Å². The number of rotatable bonds is 2. The van der Waals surface area contributed by atoms with E-state index >= 15 is 0 Å². The molecule has 1 aliphatic carbocycles. The first-order valence-corrected chi connectivity index (χ1v) is 7.18. The molecule has 1 heterocycles. The van der Waals surface area contributed by atoms with Crippen molar-refractivity contribution in [2.75, 3.05) is 0 Å². The molecule has 0 amide bonds. The third kappa shape index (κ3) is 1.99. The average Bonchev–Trinajstić information content (AvgIpc) is 2.84. The molecule has 1 aliphatic rings. The zero-order chi connectivity index (χ0) is 12.5. The van der Waals surface area contributed by atoms with Gasteiger partial charge >= 0.3 is 0 Å². The fraction of sp³-hybridized carbons (Fsp3) is 0.333. The van der Waals surface area contributed by atoms with Crippen molar-refractivity contribution >= 4 is 17.1 Å². The number of carbonyl (C=O) groups is 1. The van der Waals surface area contributed by atoms with E-state index < -0.39 is 0 Å². The van der Waals surface area contributed by atoms with Gasteiger partial charge in [-0.15, -0.1) is 11.3 Å². The quantitative estimate of drug-likeness (QED) is 0.767. The van der Waals surface area contributed by atoms with Crippen molar-refractivity contribution in [2.45, 2.75) is 32.1 Å². The van der Waals surface area contributed by atoms with Crippen molar-refractivity contribution in [3.8, 4) is 0 Å². The second-order valence-corrected chi connectivity index (χ2v) is 5.82. The van der Waals surface area contributed by atoms with Gasteiger partial charge in [0.05, 0.1) is 5.01 Å². The lowest BCUT2D eigenvalue weighted by atomic mass is 9.80. The highest BCUT2D eigenvalue weighted by atomic mass is 32.1. The molecule has 0 spiro atoms. The van der Waals surface area contributed by atoms with Crippen molar-refractivity contribution in [3.05, 3.63) is 51.5 Å². The van der Waals surface area contributed by atoms with Crippen LogP contribution < -0.4 is 0 Å². The van der Waals surface area contributed by atoms with Gasteiger partial charge in [0, 0.05) is 11.3 Å². The summed E-state index contributed by atoms with van der Waals surface area (Å²) in [5.41, 5.74) is 3.17. The molecule has 0 N–H and O–H groups in total. The molecule has 2 aromatic rings. The molecule has 3 heteroatoms. The molecule has 0 saturated heterocycles. The largest absolute Gasteiger partial charge is 0.292 e. The molecule has 0 saturated carbocycles. The van der Waals surface area contributed by atoms with Crippen LogP contribution in [0.3, 0.4) is 0 Å². The summed E-state index contributed by atoms with van der Waals surface area (Å²) in [4.78, 5) is 16.8. The molecule has 1 atom stereocenters. The maximum Gasteiger partial charge on any atom is 0.189 e. The monoisotopic (exact) mass is 257 g/mol. The second kappa shape index (κ2) is 4.65. The number of benzene rings is 1. The number of hydrogen-bond donors (Lipinski definition) is 0. The van der Waals surface area contributed by atoms with Crippen LogP contribution in [-0.2, 0) is 6.42 Å². The average molecular weight is 257 g/mol.